The molecule has 0 aliphatic carbocycles. The van der Waals surface area contributed by atoms with E-state index in [0.29, 0.717) is 24.3 Å². The number of fused-ring (bicyclic) bond motifs is 1. The molecule has 4 nitrogen and oxygen atoms in total. The van der Waals surface area contributed by atoms with Gasteiger partial charge < -0.3 is 9.64 Å². The Balaban J connectivity index is 1.96. The molecular formula is C20H23F4N3O. The van der Waals surface area contributed by atoms with E-state index in [1.165, 1.54) is 6.07 Å². The van der Waals surface area contributed by atoms with Crippen LogP contribution in [0.2, 0.25) is 0 Å². The molecule has 0 spiro atoms. The van der Waals surface area contributed by atoms with Crippen LogP contribution in [0.15, 0.2) is 30.5 Å². The third-order valence-corrected chi connectivity index (χ3v) is 4.97. The lowest BCUT2D eigenvalue weighted by atomic mass is 10.1. The number of ether oxygens (including phenoxy) is 1. The van der Waals surface area contributed by atoms with Crippen molar-refractivity contribution in [3.05, 3.63) is 58.8 Å². The number of benzene rings is 1. The van der Waals surface area contributed by atoms with Gasteiger partial charge in [-0.3, -0.25) is 0 Å². The van der Waals surface area contributed by atoms with Crippen LogP contribution in [-0.2, 0) is 30.5 Å². The van der Waals surface area contributed by atoms with Crippen LogP contribution >= 0.6 is 0 Å². The molecule has 1 aliphatic heterocycles. The van der Waals surface area contributed by atoms with Gasteiger partial charge in [-0.15, -0.1) is 0 Å². The van der Waals surface area contributed by atoms with Gasteiger partial charge in [0.15, 0.2) is 5.69 Å². The summed E-state index contributed by atoms with van der Waals surface area (Å²) in [5, 5.41) is 3.74. The number of hydrogen-bond donors (Lipinski definition) is 0. The van der Waals surface area contributed by atoms with E-state index in [0.717, 1.165) is 16.8 Å². The minimum absolute atomic E-state index is 0.0156. The van der Waals surface area contributed by atoms with Crippen molar-refractivity contribution >= 4 is 0 Å². The highest BCUT2D eigenvalue weighted by atomic mass is 19.4. The van der Waals surface area contributed by atoms with Crippen LogP contribution in [-0.4, -0.2) is 27.8 Å². The molecule has 8 heteroatoms. The summed E-state index contributed by atoms with van der Waals surface area (Å²) < 4.78 is 61.2. The molecule has 0 saturated heterocycles. The number of hydrogen-bond acceptors (Lipinski definition) is 3. The molecular weight excluding hydrogens is 374 g/mol. The standard InChI is InChI=1S/C20H23F4N3O/c1-4-13(3)26(5-2)11-14-6-7-15(10-17(14)21)27-18-12-28-9-8-16(18)19(25-27)20(22,23)24/h6-7,10H,3-5,8-9,11-12H2,1-2H3. The Kier molecular flexibility index (Phi) is 5.79. The zero-order chi connectivity index (χ0) is 20.5. The van der Waals surface area contributed by atoms with Crippen molar-refractivity contribution in [2.24, 2.45) is 0 Å². The Labute approximate surface area is 161 Å². The van der Waals surface area contributed by atoms with Crippen molar-refractivity contribution in [2.45, 2.75) is 46.0 Å². The van der Waals surface area contributed by atoms with Crippen molar-refractivity contribution < 1.29 is 22.3 Å². The number of rotatable bonds is 6. The van der Waals surface area contributed by atoms with E-state index in [-0.39, 0.29) is 30.9 Å². The molecule has 0 atom stereocenters. The summed E-state index contributed by atoms with van der Waals surface area (Å²) in [6.45, 7) is 9.18. The van der Waals surface area contributed by atoms with E-state index in [2.05, 4.69) is 11.7 Å². The van der Waals surface area contributed by atoms with Crippen molar-refractivity contribution in [3.8, 4) is 5.69 Å². The lowest BCUT2D eigenvalue weighted by Crippen LogP contribution is -2.22. The number of allylic oxidation sites excluding steroid dienone is 1. The third-order valence-electron chi connectivity index (χ3n) is 4.97. The fourth-order valence-corrected chi connectivity index (χ4v) is 3.35. The summed E-state index contributed by atoms with van der Waals surface area (Å²) >= 11 is 0. The summed E-state index contributed by atoms with van der Waals surface area (Å²) in [5.41, 5.74) is 1.12. The molecule has 0 N–H and O–H groups in total. The number of halogens is 4. The van der Waals surface area contributed by atoms with Crippen LogP contribution in [0.4, 0.5) is 17.6 Å². The second-order valence-corrected chi connectivity index (χ2v) is 6.70. The summed E-state index contributed by atoms with van der Waals surface area (Å²) in [6.07, 6.45) is -3.67. The summed E-state index contributed by atoms with van der Waals surface area (Å²) in [6, 6.07) is 4.39. The Morgan fingerprint density at radius 2 is 2.07 bits per heavy atom. The van der Waals surface area contributed by atoms with Crippen LogP contribution in [0, 0.1) is 5.82 Å². The van der Waals surface area contributed by atoms with E-state index >= 15 is 0 Å². The van der Waals surface area contributed by atoms with Gasteiger partial charge in [0.1, 0.15) is 5.82 Å². The largest absolute Gasteiger partial charge is 0.435 e. The second-order valence-electron chi connectivity index (χ2n) is 6.70. The minimum Gasteiger partial charge on any atom is -0.375 e. The number of nitrogens with zero attached hydrogens (tertiary/aromatic N) is 3. The predicted molar refractivity (Wildman–Crippen MR) is 97.4 cm³/mol. The molecule has 28 heavy (non-hydrogen) atoms. The average molecular weight is 397 g/mol. The SMILES string of the molecule is C=C(CC)N(CC)Cc1ccc(-n2nc(C(F)(F)F)c3c2COCC3)cc1F. The van der Waals surface area contributed by atoms with Gasteiger partial charge in [-0.2, -0.15) is 18.3 Å². The maximum Gasteiger partial charge on any atom is 0.435 e. The highest BCUT2D eigenvalue weighted by Crippen LogP contribution is 2.35. The summed E-state index contributed by atoms with van der Waals surface area (Å²) in [4.78, 5) is 1.96. The molecule has 1 aromatic carbocycles. The minimum atomic E-state index is -4.56. The molecule has 0 amide bonds. The smallest absolute Gasteiger partial charge is 0.375 e. The fraction of sp³-hybridized carbons (Fsp3) is 0.450. The third kappa shape index (κ3) is 3.92. The van der Waals surface area contributed by atoms with Crippen LogP contribution in [0.1, 0.15) is 42.8 Å². The van der Waals surface area contributed by atoms with E-state index in [4.69, 9.17) is 4.74 Å². The van der Waals surface area contributed by atoms with E-state index in [1.54, 1.807) is 12.1 Å². The van der Waals surface area contributed by atoms with Gasteiger partial charge in [0.2, 0.25) is 0 Å². The van der Waals surface area contributed by atoms with Gasteiger partial charge in [-0.25, -0.2) is 9.07 Å². The lowest BCUT2D eigenvalue weighted by molar-refractivity contribution is -0.142. The zero-order valence-corrected chi connectivity index (χ0v) is 15.9. The Hall–Kier alpha value is -2.35. The predicted octanol–water partition coefficient (Wildman–Crippen LogP) is 4.85. The Morgan fingerprint density at radius 3 is 2.68 bits per heavy atom. The van der Waals surface area contributed by atoms with Crippen LogP contribution in [0.25, 0.3) is 5.69 Å². The average Bonchev–Trinajstić information content (AvgIpc) is 3.06. The molecule has 2 aromatic rings. The molecule has 3 rings (SSSR count). The molecule has 0 saturated carbocycles. The maximum atomic E-state index is 14.7. The number of aromatic nitrogens is 2. The molecule has 0 unspecified atom stereocenters. The quantitative estimate of drug-likeness (QED) is 0.653. The van der Waals surface area contributed by atoms with Crippen molar-refractivity contribution in [1.82, 2.24) is 14.7 Å². The molecule has 0 fully saturated rings. The zero-order valence-electron chi connectivity index (χ0n) is 15.9. The summed E-state index contributed by atoms with van der Waals surface area (Å²) in [7, 11) is 0. The molecule has 152 valence electrons. The maximum absolute atomic E-state index is 14.7. The van der Waals surface area contributed by atoms with Crippen LogP contribution in [0.5, 0.6) is 0 Å². The Bertz CT molecular complexity index is 873. The van der Waals surface area contributed by atoms with Crippen molar-refractivity contribution in [1.29, 1.82) is 0 Å². The van der Waals surface area contributed by atoms with E-state index in [9.17, 15) is 17.6 Å². The molecule has 0 radical (unpaired) electrons. The first kappa shape index (κ1) is 20.4. The highest BCUT2D eigenvalue weighted by Gasteiger charge is 2.40. The van der Waals surface area contributed by atoms with Gasteiger partial charge in [0, 0.05) is 29.9 Å². The fourth-order valence-electron chi connectivity index (χ4n) is 3.35. The van der Waals surface area contributed by atoms with Gasteiger partial charge in [0.05, 0.1) is 24.6 Å². The Morgan fingerprint density at radius 1 is 1.32 bits per heavy atom. The monoisotopic (exact) mass is 397 g/mol. The van der Waals surface area contributed by atoms with Crippen LogP contribution in [0.3, 0.4) is 0 Å². The van der Waals surface area contributed by atoms with Gasteiger partial charge >= 0.3 is 6.18 Å². The van der Waals surface area contributed by atoms with Crippen molar-refractivity contribution in [2.75, 3.05) is 13.2 Å². The first-order chi connectivity index (χ1) is 13.3. The first-order valence-electron chi connectivity index (χ1n) is 9.23. The topological polar surface area (TPSA) is 30.3 Å². The molecule has 1 aliphatic rings. The molecule has 0 bridgehead atoms. The van der Waals surface area contributed by atoms with E-state index < -0.39 is 17.7 Å². The second kappa shape index (κ2) is 7.95. The van der Waals surface area contributed by atoms with Crippen molar-refractivity contribution in [3.63, 3.8) is 0 Å². The summed E-state index contributed by atoms with van der Waals surface area (Å²) in [5.74, 6) is -0.491. The van der Waals surface area contributed by atoms with Gasteiger partial charge in [-0.1, -0.05) is 19.6 Å². The normalized spacial score (nSPS) is 14.1. The number of alkyl halides is 3. The first-order valence-corrected chi connectivity index (χ1v) is 9.23. The van der Waals surface area contributed by atoms with E-state index in [1.807, 2.05) is 18.7 Å². The molecule has 1 aromatic heterocycles. The highest BCUT2D eigenvalue weighted by molar-refractivity contribution is 5.41. The lowest BCUT2D eigenvalue weighted by Gasteiger charge is -2.25. The van der Waals surface area contributed by atoms with Gasteiger partial charge in [-0.05, 0) is 31.9 Å². The van der Waals surface area contributed by atoms with Gasteiger partial charge in [0.25, 0.3) is 0 Å². The van der Waals surface area contributed by atoms with Crippen LogP contribution < -0.4 is 0 Å². The molecule has 2 heterocycles.